The normalized spacial score (nSPS) is 15.7. The molecule has 0 aromatic rings. The van der Waals surface area contributed by atoms with E-state index >= 15 is 0 Å². The molecule has 0 amide bonds. The van der Waals surface area contributed by atoms with Crippen molar-refractivity contribution in [1.82, 2.24) is 0 Å². The van der Waals surface area contributed by atoms with Crippen molar-refractivity contribution in [3.8, 4) is 0 Å². The smallest absolute Gasteiger partial charge is 0.302 e. The molecule has 0 radical (unpaired) electrons. The zero-order chi connectivity index (χ0) is 14.7. The molecule has 6 heteroatoms. The lowest BCUT2D eigenvalue weighted by Crippen LogP contribution is -2.31. The summed E-state index contributed by atoms with van der Waals surface area (Å²) in [6.07, 6.45) is 3.77. The predicted molar refractivity (Wildman–Crippen MR) is 81.1 cm³/mol. The Hall–Kier alpha value is -0.230. The summed E-state index contributed by atoms with van der Waals surface area (Å²) in [6, 6.07) is 0. The highest BCUT2D eigenvalue weighted by Gasteiger charge is 2.20. The maximum atomic E-state index is 12.1. The molecule has 0 aliphatic carbocycles. The van der Waals surface area contributed by atoms with Crippen LogP contribution in [0.4, 0.5) is 0 Å². The Morgan fingerprint density at radius 2 is 1.68 bits per heavy atom. The first-order chi connectivity index (χ1) is 9.01. The summed E-state index contributed by atoms with van der Waals surface area (Å²) in [5, 5.41) is -0.298. The van der Waals surface area contributed by atoms with Crippen LogP contribution in [0.5, 0.6) is 0 Å². The van der Waals surface area contributed by atoms with E-state index in [0.29, 0.717) is 17.3 Å². The van der Waals surface area contributed by atoms with E-state index in [4.69, 9.17) is 4.74 Å². The van der Waals surface area contributed by atoms with Crippen molar-refractivity contribution < 1.29 is 17.9 Å². The maximum absolute atomic E-state index is 12.1. The van der Waals surface area contributed by atoms with Crippen LogP contribution in [-0.4, -0.2) is 43.5 Å². The van der Waals surface area contributed by atoms with Gasteiger partial charge in [0, 0.05) is 45.8 Å². The van der Waals surface area contributed by atoms with Crippen molar-refractivity contribution in [3.05, 3.63) is 0 Å². The number of hydrogen-bond acceptors (Lipinski definition) is 4. The molecule has 4 nitrogen and oxygen atoms in total. The lowest BCUT2D eigenvalue weighted by atomic mass is 10.4. The molecule has 0 aromatic carbocycles. The topological polar surface area (TPSA) is 60.4 Å². The van der Waals surface area contributed by atoms with Gasteiger partial charge in [-0.15, -0.1) is 0 Å². The minimum atomic E-state index is -1.07. The summed E-state index contributed by atoms with van der Waals surface area (Å²) in [6.45, 7) is 5.54. The molecule has 3 atom stereocenters. The summed E-state index contributed by atoms with van der Waals surface area (Å²) in [7, 11) is -2.05. The van der Waals surface area contributed by atoms with Crippen LogP contribution in [0, 0.1) is 0 Å². The standard InChI is InChI=1S/C13H26O4S2/c1-4-6-8-18(15)11-13(10-17-12(3)14)19(16)9-7-5-2/h13H,4-11H2,1-3H3/t13-,18+,19+/m1/s1. The summed E-state index contributed by atoms with van der Waals surface area (Å²) >= 11 is 0. The molecule has 0 aliphatic heterocycles. The van der Waals surface area contributed by atoms with E-state index in [-0.39, 0.29) is 17.8 Å². The van der Waals surface area contributed by atoms with Crippen LogP contribution in [0.3, 0.4) is 0 Å². The summed E-state index contributed by atoms with van der Waals surface area (Å²) < 4.78 is 28.9. The Morgan fingerprint density at radius 1 is 1.11 bits per heavy atom. The van der Waals surface area contributed by atoms with E-state index in [2.05, 4.69) is 0 Å². The number of carbonyl (C=O) groups is 1. The molecule has 0 saturated carbocycles. The van der Waals surface area contributed by atoms with Gasteiger partial charge in [0.05, 0.1) is 5.25 Å². The van der Waals surface area contributed by atoms with Gasteiger partial charge in [0.25, 0.3) is 0 Å². The quantitative estimate of drug-likeness (QED) is 0.548. The Bertz CT molecular complexity index is 305. The third kappa shape index (κ3) is 10.2. The van der Waals surface area contributed by atoms with Gasteiger partial charge in [-0.2, -0.15) is 0 Å². The fourth-order valence-electron chi connectivity index (χ4n) is 1.46. The molecule has 19 heavy (non-hydrogen) atoms. The van der Waals surface area contributed by atoms with Crippen molar-refractivity contribution in [1.29, 1.82) is 0 Å². The Kier molecular flexibility index (Phi) is 11.4. The van der Waals surface area contributed by atoms with Crippen molar-refractivity contribution in [3.63, 3.8) is 0 Å². The highest BCUT2D eigenvalue weighted by atomic mass is 32.2. The molecule has 0 unspecified atom stereocenters. The fourth-order valence-corrected chi connectivity index (χ4v) is 4.94. The summed E-state index contributed by atoms with van der Waals surface area (Å²) in [4.78, 5) is 10.8. The monoisotopic (exact) mass is 310 g/mol. The maximum Gasteiger partial charge on any atom is 0.302 e. The minimum absolute atomic E-state index is 0.115. The van der Waals surface area contributed by atoms with E-state index < -0.39 is 21.6 Å². The second kappa shape index (κ2) is 11.6. The first kappa shape index (κ1) is 18.8. The van der Waals surface area contributed by atoms with E-state index in [1.54, 1.807) is 0 Å². The van der Waals surface area contributed by atoms with Crippen LogP contribution in [0.2, 0.25) is 0 Å². The number of unbranched alkanes of at least 4 members (excludes halogenated alkanes) is 2. The van der Waals surface area contributed by atoms with Crippen LogP contribution in [-0.2, 0) is 31.1 Å². The third-order valence-electron chi connectivity index (χ3n) is 2.64. The van der Waals surface area contributed by atoms with Crippen molar-refractivity contribution in [2.45, 2.75) is 51.7 Å². The highest BCUT2D eigenvalue weighted by Crippen LogP contribution is 2.06. The third-order valence-corrected chi connectivity index (χ3v) is 6.11. The lowest BCUT2D eigenvalue weighted by molar-refractivity contribution is -0.140. The molecule has 114 valence electrons. The van der Waals surface area contributed by atoms with Crippen LogP contribution < -0.4 is 0 Å². The number of esters is 1. The van der Waals surface area contributed by atoms with Crippen molar-refractivity contribution >= 4 is 27.6 Å². The van der Waals surface area contributed by atoms with Crippen LogP contribution >= 0.6 is 0 Å². The molecule has 0 fully saturated rings. The van der Waals surface area contributed by atoms with Crippen molar-refractivity contribution in [2.24, 2.45) is 0 Å². The molecule has 0 aromatic heterocycles. The molecule has 0 saturated heterocycles. The summed E-state index contributed by atoms with van der Waals surface area (Å²) in [5.41, 5.74) is 0. The summed E-state index contributed by atoms with van der Waals surface area (Å²) in [5.74, 6) is 1.21. The van der Waals surface area contributed by atoms with Gasteiger partial charge in [0.15, 0.2) is 0 Å². The second-order valence-corrected chi connectivity index (χ2v) is 7.98. The second-order valence-electron chi connectivity index (χ2n) is 4.53. The van der Waals surface area contributed by atoms with E-state index in [9.17, 15) is 13.2 Å². The molecule has 0 rings (SSSR count). The zero-order valence-electron chi connectivity index (χ0n) is 12.2. The molecule has 0 spiro atoms. The number of hydrogen-bond donors (Lipinski definition) is 0. The lowest BCUT2D eigenvalue weighted by Gasteiger charge is -2.16. The largest absolute Gasteiger partial charge is 0.465 e. The van der Waals surface area contributed by atoms with Crippen LogP contribution in [0.15, 0.2) is 0 Å². The Balaban J connectivity index is 4.34. The molecule has 0 heterocycles. The highest BCUT2D eigenvalue weighted by molar-refractivity contribution is 7.89. The van der Waals surface area contributed by atoms with Crippen molar-refractivity contribution in [2.75, 3.05) is 23.9 Å². The van der Waals surface area contributed by atoms with Gasteiger partial charge < -0.3 is 4.74 Å². The molecule has 0 bridgehead atoms. The van der Waals surface area contributed by atoms with Crippen LogP contribution in [0.1, 0.15) is 46.5 Å². The van der Waals surface area contributed by atoms with Gasteiger partial charge >= 0.3 is 5.97 Å². The Morgan fingerprint density at radius 3 is 2.21 bits per heavy atom. The molecule has 0 aliphatic rings. The van der Waals surface area contributed by atoms with E-state index in [1.807, 2.05) is 13.8 Å². The van der Waals surface area contributed by atoms with E-state index in [1.165, 1.54) is 6.92 Å². The number of carbonyl (C=O) groups excluding carboxylic acids is 1. The average molecular weight is 310 g/mol. The Labute approximate surface area is 121 Å². The molecular formula is C13H26O4S2. The van der Waals surface area contributed by atoms with Crippen LogP contribution in [0.25, 0.3) is 0 Å². The van der Waals surface area contributed by atoms with Gasteiger partial charge in [-0.05, 0) is 12.8 Å². The predicted octanol–water partition coefficient (Wildman–Crippen LogP) is 2.02. The van der Waals surface area contributed by atoms with Gasteiger partial charge in [0.1, 0.15) is 6.61 Å². The fraction of sp³-hybridized carbons (Fsp3) is 0.923. The zero-order valence-corrected chi connectivity index (χ0v) is 13.8. The molecule has 0 N–H and O–H groups in total. The number of rotatable bonds is 11. The minimum Gasteiger partial charge on any atom is -0.465 e. The first-order valence-corrected chi connectivity index (χ1v) is 9.73. The van der Waals surface area contributed by atoms with Gasteiger partial charge in [-0.25, -0.2) is 0 Å². The molecular weight excluding hydrogens is 284 g/mol. The van der Waals surface area contributed by atoms with Gasteiger partial charge in [-0.1, -0.05) is 26.7 Å². The SMILES string of the molecule is CCCC[S@](=O)C[C@@H](COC(C)=O)[S@@](=O)CCCC. The van der Waals surface area contributed by atoms with Gasteiger partial charge in [0.2, 0.25) is 0 Å². The first-order valence-electron chi connectivity index (χ1n) is 6.86. The number of ether oxygens (including phenoxy) is 1. The average Bonchev–Trinajstić information content (AvgIpc) is 2.38. The van der Waals surface area contributed by atoms with Gasteiger partial charge in [-0.3, -0.25) is 13.2 Å². The van der Waals surface area contributed by atoms with E-state index in [0.717, 1.165) is 25.7 Å².